The van der Waals surface area contributed by atoms with E-state index in [1.54, 1.807) is 0 Å². The fraction of sp³-hybridized carbons (Fsp3) is 0.0227. The molecule has 0 spiro atoms. The number of hydrogen-bond acceptors (Lipinski definition) is 1. The summed E-state index contributed by atoms with van der Waals surface area (Å²) in [6, 6.07) is 56.6. The molecule has 0 radical (unpaired) electrons. The largest absolute Gasteiger partial charge is 0.309 e. The molecule has 7 aromatic carbocycles. The van der Waals surface area contributed by atoms with E-state index in [0.29, 0.717) is 5.56 Å². The van der Waals surface area contributed by atoms with Gasteiger partial charge in [-0.3, -0.25) is 0 Å². The van der Waals surface area contributed by atoms with Crippen LogP contribution in [0.4, 0.5) is 0 Å². The fourth-order valence-corrected chi connectivity index (χ4v) is 8.01. The van der Waals surface area contributed by atoms with Crippen molar-refractivity contribution in [3.05, 3.63) is 168 Å². The lowest BCUT2D eigenvalue weighted by molar-refractivity contribution is 1.15. The van der Waals surface area contributed by atoms with E-state index in [0.717, 1.165) is 40.0 Å². The second kappa shape index (κ2) is 9.81. The molecule has 0 saturated carbocycles. The summed E-state index contributed by atoms with van der Waals surface area (Å²) in [5, 5.41) is 15.4. The molecule has 0 amide bonds. The van der Waals surface area contributed by atoms with Crippen molar-refractivity contribution in [3.8, 4) is 39.7 Å². The van der Waals surface area contributed by atoms with Crippen LogP contribution in [-0.4, -0.2) is 9.13 Å². The van der Waals surface area contributed by atoms with E-state index in [1.165, 1.54) is 54.8 Å². The van der Waals surface area contributed by atoms with E-state index in [1.807, 2.05) is 12.1 Å². The lowest BCUT2D eigenvalue weighted by Gasteiger charge is -2.19. The van der Waals surface area contributed by atoms with Crippen molar-refractivity contribution in [1.82, 2.24) is 9.13 Å². The lowest BCUT2D eigenvalue weighted by Crippen LogP contribution is -2.03. The molecule has 0 unspecified atom stereocenters. The number of rotatable bonds is 3. The number of aromatic nitrogens is 2. The molecule has 0 atom stereocenters. The lowest BCUT2D eigenvalue weighted by atomic mass is 9.97. The van der Waals surface area contributed by atoms with Crippen LogP contribution in [0.1, 0.15) is 16.7 Å². The van der Waals surface area contributed by atoms with E-state index in [4.69, 9.17) is 0 Å². The Labute approximate surface area is 271 Å². The smallest absolute Gasteiger partial charge is 0.101 e. The van der Waals surface area contributed by atoms with Crippen molar-refractivity contribution in [2.24, 2.45) is 0 Å². The molecule has 3 nitrogen and oxygen atoms in total. The summed E-state index contributed by atoms with van der Waals surface area (Å²) in [5.41, 5.74) is 14.6. The average molecular weight is 598 g/mol. The van der Waals surface area contributed by atoms with Gasteiger partial charge in [0.1, 0.15) is 6.07 Å². The molecule has 0 aliphatic heterocycles. The SMILES string of the molecule is N#Cc1cccc(-c2ccccc2-n2c3ccccc3c3cc4c(cc32)-c2ccccc2C4)c1-n1c2ccccc2c2ccccc21. The first-order valence-corrected chi connectivity index (χ1v) is 16.1. The standard InChI is InChI=1S/C44H27N3/c45-27-29-13-11-19-36(44(29)47-41-22-9-3-15-32(41)33-16-4-10-23-42(33)47)34-17-5-7-20-39(34)46-40-21-8-6-18-35(40)38-25-30-24-28-12-1-2-14-31(28)37(30)26-43(38)46/h1-23,25-26H,24H2. The number of benzene rings is 7. The minimum atomic E-state index is 0.639. The summed E-state index contributed by atoms with van der Waals surface area (Å²) in [6.07, 6.45) is 0.959. The highest BCUT2D eigenvalue weighted by atomic mass is 15.0. The highest BCUT2D eigenvalue weighted by Gasteiger charge is 2.24. The molecule has 47 heavy (non-hydrogen) atoms. The Morgan fingerprint density at radius 3 is 1.72 bits per heavy atom. The van der Waals surface area contributed by atoms with E-state index >= 15 is 0 Å². The summed E-state index contributed by atoms with van der Waals surface area (Å²) in [7, 11) is 0. The van der Waals surface area contributed by atoms with Crippen molar-refractivity contribution in [2.45, 2.75) is 6.42 Å². The number of nitriles is 1. The van der Waals surface area contributed by atoms with Crippen LogP contribution >= 0.6 is 0 Å². The molecule has 0 N–H and O–H groups in total. The van der Waals surface area contributed by atoms with Crippen molar-refractivity contribution < 1.29 is 0 Å². The van der Waals surface area contributed by atoms with Crippen LogP contribution in [0.2, 0.25) is 0 Å². The van der Waals surface area contributed by atoms with Gasteiger partial charge in [0.25, 0.3) is 0 Å². The molecule has 1 aliphatic carbocycles. The van der Waals surface area contributed by atoms with Gasteiger partial charge in [0, 0.05) is 32.7 Å². The van der Waals surface area contributed by atoms with Crippen molar-refractivity contribution in [2.75, 3.05) is 0 Å². The fourth-order valence-electron chi connectivity index (χ4n) is 8.01. The third-order valence-corrected chi connectivity index (χ3v) is 9.98. The Morgan fingerprint density at radius 1 is 0.426 bits per heavy atom. The molecule has 1 aliphatic rings. The number of fused-ring (bicyclic) bond motifs is 9. The molecule has 2 aromatic heterocycles. The average Bonchev–Trinajstić information content (AvgIpc) is 3.77. The molecule has 2 heterocycles. The molecule has 0 fully saturated rings. The maximum Gasteiger partial charge on any atom is 0.101 e. The molecule has 3 heteroatoms. The van der Waals surface area contributed by atoms with Gasteiger partial charge in [0.2, 0.25) is 0 Å². The van der Waals surface area contributed by atoms with Gasteiger partial charge in [-0.25, -0.2) is 0 Å². The Kier molecular flexibility index (Phi) is 5.41. The molecule has 0 saturated heterocycles. The Balaban J connectivity index is 1.31. The number of para-hydroxylation sites is 5. The van der Waals surface area contributed by atoms with Crippen LogP contribution in [0.25, 0.3) is 77.2 Å². The summed E-state index contributed by atoms with van der Waals surface area (Å²) in [5.74, 6) is 0. The second-order valence-electron chi connectivity index (χ2n) is 12.4. The highest BCUT2D eigenvalue weighted by Crippen LogP contribution is 2.45. The molecular weight excluding hydrogens is 571 g/mol. The molecule has 0 bridgehead atoms. The maximum absolute atomic E-state index is 10.6. The van der Waals surface area contributed by atoms with Gasteiger partial charge in [-0.05, 0) is 71.1 Å². The molecule has 10 rings (SSSR count). The van der Waals surface area contributed by atoms with Gasteiger partial charge < -0.3 is 9.13 Å². The quantitative estimate of drug-likeness (QED) is 0.199. The number of nitrogens with zero attached hydrogens (tertiary/aromatic N) is 3. The third kappa shape index (κ3) is 3.61. The van der Waals surface area contributed by atoms with Gasteiger partial charge in [0.05, 0.1) is 39.0 Å². The van der Waals surface area contributed by atoms with Crippen LogP contribution in [0.3, 0.4) is 0 Å². The maximum atomic E-state index is 10.6. The minimum Gasteiger partial charge on any atom is -0.309 e. The van der Waals surface area contributed by atoms with E-state index in [-0.39, 0.29) is 0 Å². The summed E-state index contributed by atoms with van der Waals surface area (Å²) < 4.78 is 4.71. The zero-order valence-corrected chi connectivity index (χ0v) is 25.5. The van der Waals surface area contributed by atoms with Gasteiger partial charge in [-0.2, -0.15) is 5.26 Å². The van der Waals surface area contributed by atoms with Gasteiger partial charge in [-0.1, -0.05) is 109 Å². The van der Waals surface area contributed by atoms with Crippen LogP contribution in [0.15, 0.2) is 152 Å². The molecule has 9 aromatic rings. The normalized spacial score (nSPS) is 12.1. The monoisotopic (exact) mass is 597 g/mol. The third-order valence-electron chi connectivity index (χ3n) is 9.98. The number of hydrogen-bond donors (Lipinski definition) is 0. The Bertz CT molecular complexity index is 2730. The topological polar surface area (TPSA) is 33.6 Å². The first-order valence-electron chi connectivity index (χ1n) is 16.1. The van der Waals surface area contributed by atoms with Crippen LogP contribution in [0.5, 0.6) is 0 Å². The zero-order valence-electron chi connectivity index (χ0n) is 25.5. The van der Waals surface area contributed by atoms with Gasteiger partial charge >= 0.3 is 0 Å². The van der Waals surface area contributed by atoms with Gasteiger partial charge in [0.15, 0.2) is 0 Å². The van der Waals surface area contributed by atoms with Crippen LogP contribution < -0.4 is 0 Å². The summed E-state index contributed by atoms with van der Waals surface area (Å²) in [6.45, 7) is 0. The first-order chi connectivity index (χ1) is 23.3. The summed E-state index contributed by atoms with van der Waals surface area (Å²) >= 11 is 0. The van der Waals surface area contributed by atoms with E-state index in [2.05, 4.69) is 155 Å². The van der Waals surface area contributed by atoms with E-state index in [9.17, 15) is 5.26 Å². The predicted octanol–water partition coefficient (Wildman–Crippen LogP) is 11.0. The van der Waals surface area contributed by atoms with Crippen molar-refractivity contribution in [1.29, 1.82) is 5.26 Å². The second-order valence-corrected chi connectivity index (χ2v) is 12.4. The summed E-state index contributed by atoms with van der Waals surface area (Å²) in [4.78, 5) is 0. The van der Waals surface area contributed by atoms with E-state index < -0.39 is 0 Å². The zero-order chi connectivity index (χ0) is 31.1. The first kappa shape index (κ1) is 25.9. The van der Waals surface area contributed by atoms with Crippen molar-refractivity contribution >= 4 is 43.6 Å². The molecular formula is C44H27N3. The Morgan fingerprint density at radius 2 is 1.00 bits per heavy atom. The Hall–Kier alpha value is -6.37. The van der Waals surface area contributed by atoms with Crippen molar-refractivity contribution in [3.63, 3.8) is 0 Å². The minimum absolute atomic E-state index is 0.639. The van der Waals surface area contributed by atoms with Gasteiger partial charge in [-0.15, -0.1) is 0 Å². The van der Waals surface area contributed by atoms with Crippen LogP contribution in [-0.2, 0) is 6.42 Å². The molecule has 218 valence electrons. The van der Waals surface area contributed by atoms with Crippen LogP contribution in [0, 0.1) is 11.3 Å². The predicted molar refractivity (Wildman–Crippen MR) is 194 cm³/mol. The highest BCUT2D eigenvalue weighted by molar-refractivity contribution is 6.12.